The number of aromatic nitrogens is 2. The van der Waals surface area contributed by atoms with Crippen LogP contribution in [0.5, 0.6) is 0 Å². The summed E-state index contributed by atoms with van der Waals surface area (Å²) in [7, 11) is -1.95. The zero-order chi connectivity index (χ0) is 27.2. The van der Waals surface area contributed by atoms with Crippen LogP contribution in [0.3, 0.4) is 0 Å². The molecular weight excluding hydrogens is 538 g/mol. The Bertz CT molecular complexity index is 1530. The van der Waals surface area contributed by atoms with Crippen molar-refractivity contribution in [1.82, 2.24) is 9.55 Å². The highest BCUT2D eigenvalue weighted by atomic mass is 32.2. The molecule has 0 aliphatic heterocycles. The van der Waals surface area contributed by atoms with Crippen molar-refractivity contribution in [2.45, 2.75) is 27.0 Å². The minimum absolute atomic E-state index is 0.0539. The number of aryl methyl sites for hydroxylation is 1. The van der Waals surface area contributed by atoms with Crippen molar-refractivity contribution in [3.05, 3.63) is 84.4 Å². The maximum atomic E-state index is 13.6. The predicted octanol–water partition coefficient (Wildman–Crippen LogP) is 7.35. The van der Waals surface area contributed by atoms with E-state index in [2.05, 4.69) is 4.98 Å². The fourth-order valence-corrected chi connectivity index (χ4v) is 6.03. The fourth-order valence-electron chi connectivity index (χ4n) is 3.74. The van der Waals surface area contributed by atoms with Crippen LogP contribution < -0.4 is 0 Å². The molecule has 2 aromatic heterocycles. The van der Waals surface area contributed by atoms with Crippen LogP contribution >= 0.6 is 11.8 Å². The standard InChI is InChI=1S/C25H18F6N2O2S2/c1-33-13-22(23(14-33)37(2,34)35)36-19-3-4-20(15-5-7-32-8-6-15)21(12-19)16-9-17(24(26,27)28)11-18(10-16)25(29,30)31/h3-14H,1-2H3. The number of halogens is 6. The summed E-state index contributed by atoms with van der Waals surface area (Å²) in [6.45, 7) is 0. The minimum atomic E-state index is -5.01. The predicted molar refractivity (Wildman–Crippen MR) is 128 cm³/mol. The molecule has 0 spiro atoms. The maximum absolute atomic E-state index is 13.6. The van der Waals surface area contributed by atoms with Crippen LogP contribution in [0, 0.1) is 0 Å². The first-order valence-electron chi connectivity index (χ1n) is 10.5. The zero-order valence-electron chi connectivity index (χ0n) is 19.2. The van der Waals surface area contributed by atoms with Gasteiger partial charge in [0.25, 0.3) is 0 Å². The third-order valence-electron chi connectivity index (χ3n) is 5.39. The van der Waals surface area contributed by atoms with Crippen LogP contribution in [0.25, 0.3) is 22.3 Å². The quantitative estimate of drug-likeness (QED) is 0.241. The monoisotopic (exact) mass is 556 g/mol. The number of pyridine rings is 1. The fraction of sp³-hybridized carbons (Fsp3) is 0.160. The molecule has 0 saturated carbocycles. The smallest absolute Gasteiger partial charge is 0.355 e. The summed E-state index contributed by atoms with van der Waals surface area (Å²) in [5, 5.41) is 0. The van der Waals surface area contributed by atoms with Crippen molar-refractivity contribution in [2.24, 2.45) is 7.05 Å². The summed E-state index contributed by atoms with van der Waals surface area (Å²) in [6.07, 6.45) is -3.06. The summed E-state index contributed by atoms with van der Waals surface area (Å²) in [5.74, 6) is 0. The molecule has 2 heterocycles. The number of sulfone groups is 1. The second-order valence-electron chi connectivity index (χ2n) is 8.26. The second kappa shape index (κ2) is 9.56. The van der Waals surface area contributed by atoms with Crippen LogP contribution in [0.4, 0.5) is 26.3 Å². The van der Waals surface area contributed by atoms with Crippen molar-refractivity contribution in [1.29, 1.82) is 0 Å². The van der Waals surface area contributed by atoms with Gasteiger partial charge in [0.2, 0.25) is 0 Å². The molecule has 37 heavy (non-hydrogen) atoms. The van der Waals surface area contributed by atoms with Crippen molar-refractivity contribution < 1.29 is 34.8 Å². The van der Waals surface area contributed by atoms with Crippen molar-refractivity contribution >= 4 is 21.6 Å². The molecule has 0 fully saturated rings. The van der Waals surface area contributed by atoms with Gasteiger partial charge >= 0.3 is 12.4 Å². The topological polar surface area (TPSA) is 52.0 Å². The highest BCUT2D eigenvalue weighted by molar-refractivity contribution is 8.00. The Labute approximate surface area is 212 Å². The van der Waals surface area contributed by atoms with E-state index in [4.69, 9.17) is 0 Å². The van der Waals surface area contributed by atoms with Gasteiger partial charge < -0.3 is 4.57 Å². The van der Waals surface area contributed by atoms with E-state index in [1.54, 1.807) is 42.1 Å². The summed E-state index contributed by atoms with van der Waals surface area (Å²) in [5.41, 5.74) is -2.12. The molecule has 0 bridgehead atoms. The summed E-state index contributed by atoms with van der Waals surface area (Å²) in [4.78, 5) is 4.76. The normalized spacial score (nSPS) is 12.6. The Morgan fingerprint density at radius 3 is 1.92 bits per heavy atom. The lowest BCUT2D eigenvalue weighted by Gasteiger charge is -2.17. The van der Waals surface area contributed by atoms with Gasteiger partial charge in [-0.25, -0.2) is 8.42 Å². The van der Waals surface area contributed by atoms with E-state index in [0.717, 1.165) is 18.0 Å². The average molecular weight is 557 g/mol. The molecule has 0 unspecified atom stereocenters. The van der Waals surface area contributed by atoms with E-state index >= 15 is 0 Å². The third-order valence-corrected chi connectivity index (χ3v) is 7.68. The molecule has 0 amide bonds. The summed E-state index contributed by atoms with van der Waals surface area (Å²) < 4.78 is 107. The third kappa shape index (κ3) is 6.02. The van der Waals surface area contributed by atoms with Gasteiger partial charge in [-0.2, -0.15) is 26.3 Å². The SMILES string of the molecule is Cn1cc(Sc2ccc(-c3ccncc3)c(-c3cc(C(F)(F)F)cc(C(F)(F)F)c3)c2)c(S(C)(=O)=O)c1. The number of alkyl halides is 6. The zero-order valence-corrected chi connectivity index (χ0v) is 20.9. The summed E-state index contributed by atoms with van der Waals surface area (Å²) >= 11 is 1.04. The van der Waals surface area contributed by atoms with Gasteiger partial charge in [-0.1, -0.05) is 17.8 Å². The first-order chi connectivity index (χ1) is 17.1. The lowest BCUT2D eigenvalue weighted by atomic mass is 9.92. The van der Waals surface area contributed by atoms with Gasteiger partial charge in [-0.3, -0.25) is 4.98 Å². The van der Waals surface area contributed by atoms with Gasteiger partial charge in [0.05, 0.1) is 16.0 Å². The van der Waals surface area contributed by atoms with Gasteiger partial charge in [-0.05, 0) is 64.7 Å². The first kappa shape index (κ1) is 26.8. The molecule has 0 aliphatic carbocycles. The van der Waals surface area contributed by atoms with Crippen molar-refractivity contribution in [2.75, 3.05) is 6.26 Å². The summed E-state index contributed by atoms with van der Waals surface area (Å²) in [6, 6.07) is 9.25. The van der Waals surface area contributed by atoms with Crippen molar-refractivity contribution in [3.63, 3.8) is 0 Å². The van der Waals surface area contributed by atoms with E-state index in [0.29, 0.717) is 33.1 Å². The van der Waals surface area contributed by atoms with E-state index in [-0.39, 0.29) is 22.1 Å². The Kier molecular flexibility index (Phi) is 6.93. The molecule has 0 radical (unpaired) electrons. The van der Waals surface area contributed by atoms with E-state index < -0.39 is 33.3 Å². The molecule has 2 aromatic carbocycles. The lowest BCUT2D eigenvalue weighted by Crippen LogP contribution is -2.11. The van der Waals surface area contributed by atoms with Crippen molar-refractivity contribution in [3.8, 4) is 22.3 Å². The highest BCUT2D eigenvalue weighted by Gasteiger charge is 2.37. The van der Waals surface area contributed by atoms with Gasteiger partial charge in [-0.15, -0.1) is 0 Å². The molecule has 0 N–H and O–H groups in total. The van der Waals surface area contributed by atoms with Gasteiger partial charge in [0, 0.05) is 47.9 Å². The molecular formula is C25H18F6N2O2S2. The van der Waals surface area contributed by atoms with Crippen LogP contribution in [-0.2, 0) is 29.2 Å². The minimum Gasteiger partial charge on any atom is -0.355 e. The number of rotatable bonds is 5. The molecule has 0 atom stereocenters. The van der Waals surface area contributed by atoms with Gasteiger partial charge in [0.15, 0.2) is 9.84 Å². The van der Waals surface area contributed by atoms with Crippen LogP contribution in [-0.4, -0.2) is 24.2 Å². The maximum Gasteiger partial charge on any atom is 0.416 e. The van der Waals surface area contributed by atoms with Crippen LogP contribution in [0.15, 0.2) is 88.0 Å². The second-order valence-corrected chi connectivity index (χ2v) is 11.4. The largest absolute Gasteiger partial charge is 0.416 e. The van der Waals surface area contributed by atoms with E-state index in [9.17, 15) is 34.8 Å². The van der Waals surface area contributed by atoms with Crippen LogP contribution in [0.1, 0.15) is 11.1 Å². The molecule has 0 aliphatic rings. The first-order valence-corrected chi connectivity index (χ1v) is 13.2. The molecule has 4 nitrogen and oxygen atoms in total. The van der Waals surface area contributed by atoms with E-state index in [1.165, 1.54) is 24.7 Å². The average Bonchev–Trinajstić information content (AvgIpc) is 3.18. The van der Waals surface area contributed by atoms with Gasteiger partial charge in [0.1, 0.15) is 0 Å². The van der Waals surface area contributed by atoms with Crippen LogP contribution in [0.2, 0.25) is 0 Å². The molecule has 12 heteroatoms. The van der Waals surface area contributed by atoms with E-state index in [1.807, 2.05) is 0 Å². The molecule has 4 rings (SSSR count). The number of hydrogen-bond acceptors (Lipinski definition) is 4. The Morgan fingerprint density at radius 1 is 0.784 bits per heavy atom. The lowest BCUT2D eigenvalue weighted by molar-refractivity contribution is -0.143. The Hall–Kier alpha value is -3.25. The molecule has 0 saturated heterocycles. The Morgan fingerprint density at radius 2 is 1.38 bits per heavy atom. The number of hydrogen-bond donors (Lipinski definition) is 0. The number of nitrogens with zero attached hydrogens (tertiary/aromatic N) is 2. The molecule has 194 valence electrons. The highest BCUT2D eigenvalue weighted by Crippen LogP contribution is 2.43. The molecule has 4 aromatic rings. The Balaban J connectivity index is 1.94. The number of benzene rings is 2.